The van der Waals surface area contributed by atoms with Crippen molar-refractivity contribution in [3.63, 3.8) is 0 Å². The summed E-state index contributed by atoms with van der Waals surface area (Å²) in [4.78, 5) is 25.1. The monoisotopic (exact) mass is 404 g/mol. The third-order valence-electron chi connectivity index (χ3n) is 4.61. The van der Waals surface area contributed by atoms with Gasteiger partial charge in [0.1, 0.15) is 11.5 Å². The maximum atomic E-state index is 12.8. The largest absolute Gasteiger partial charge is 0.452 e. The summed E-state index contributed by atoms with van der Waals surface area (Å²) in [5.74, 6) is 0.236. The average Bonchev–Trinajstić information content (AvgIpc) is 3.00. The summed E-state index contributed by atoms with van der Waals surface area (Å²) in [6.45, 7) is 3.79. The summed E-state index contributed by atoms with van der Waals surface area (Å²) in [6, 6.07) is 17.4. The summed E-state index contributed by atoms with van der Waals surface area (Å²) in [5.41, 5.74) is 3.55. The van der Waals surface area contributed by atoms with Gasteiger partial charge in [0.2, 0.25) is 5.78 Å². The quantitative estimate of drug-likeness (QED) is 0.315. The second-order valence-electron chi connectivity index (χ2n) is 6.86. The highest BCUT2D eigenvalue weighted by Crippen LogP contribution is 2.37. The first-order valence-electron chi connectivity index (χ1n) is 9.04. The fourth-order valence-electron chi connectivity index (χ4n) is 3.10. The van der Waals surface area contributed by atoms with Crippen molar-refractivity contribution in [2.24, 2.45) is 0 Å². The lowest BCUT2D eigenvalue weighted by molar-refractivity contribution is 0.0734. The van der Waals surface area contributed by atoms with E-state index in [1.165, 1.54) is 0 Å². The number of ether oxygens (including phenoxy) is 2. The van der Waals surface area contributed by atoms with Gasteiger partial charge in [0.25, 0.3) is 0 Å². The second kappa shape index (κ2) is 7.57. The molecule has 0 radical (unpaired) electrons. The molecule has 0 aliphatic carbocycles. The van der Waals surface area contributed by atoms with E-state index in [1.807, 2.05) is 31.2 Å². The molecule has 0 spiro atoms. The number of halogens is 1. The number of benzene rings is 3. The predicted molar refractivity (Wildman–Crippen MR) is 112 cm³/mol. The molecule has 4 nitrogen and oxygen atoms in total. The molecule has 1 heterocycles. The number of aryl methyl sites for hydroxylation is 2. The molecule has 0 N–H and O–H groups in total. The van der Waals surface area contributed by atoms with Crippen LogP contribution in [0.25, 0.3) is 6.08 Å². The van der Waals surface area contributed by atoms with E-state index >= 15 is 0 Å². The van der Waals surface area contributed by atoms with Crippen molar-refractivity contribution in [2.45, 2.75) is 13.8 Å². The number of hydrogen-bond donors (Lipinski definition) is 0. The third kappa shape index (κ3) is 3.93. The molecule has 29 heavy (non-hydrogen) atoms. The lowest BCUT2D eigenvalue weighted by Crippen LogP contribution is -2.08. The molecule has 0 amide bonds. The van der Waals surface area contributed by atoms with E-state index in [0.29, 0.717) is 33.2 Å². The molecular formula is C24H17ClO4. The number of fused-ring (bicyclic) bond motifs is 1. The van der Waals surface area contributed by atoms with Crippen LogP contribution in [0.3, 0.4) is 0 Å². The molecule has 0 bridgehead atoms. The number of Topliss-reactive ketones (excluding diaryl/α,β-unsaturated/α-hetero) is 1. The van der Waals surface area contributed by atoms with E-state index < -0.39 is 5.97 Å². The van der Waals surface area contributed by atoms with Crippen LogP contribution in [0.1, 0.15) is 37.4 Å². The van der Waals surface area contributed by atoms with Gasteiger partial charge < -0.3 is 9.47 Å². The van der Waals surface area contributed by atoms with Crippen LogP contribution in [0, 0.1) is 13.8 Å². The maximum absolute atomic E-state index is 12.8. The summed E-state index contributed by atoms with van der Waals surface area (Å²) < 4.78 is 11.2. The van der Waals surface area contributed by atoms with Gasteiger partial charge in [0, 0.05) is 11.1 Å². The molecule has 3 aromatic carbocycles. The zero-order chi connectivity index (χ0) is 20.5. The van der Waals surface area contributed by atoms with E-state index in [-0.39, 0.29) is 11.5 Å². The van der Waals surface area contributed by atoms with Gasteiger partial charge in [-0.3, -0.25) is 4.79 Å². The Balaban J connectivity index is 1.59. The first kappa shape index (κ1) is 19.0. The van der Waals surface area contributed by atoms with Crippen LogP contribution in [0.5, 0.6) is 11.5 Å². The molecule has 5 heteroatoms. The van der Waals surface area contributed by atoms with E-state index in [4.69, 9.17) is 21.1 Å². The highest BCUT2D eigenvalue weighted by Gasteiger charge is 2.30. The number of carbonyl (C=O) groups is 2. The first-order chi connectivity index (χ1) is 13.9. The molecule has 0 atom stereocenters. The molecule has 0 fully saturated rings. The zero-order valence-corrected chi connectivity index (χ0v) is 16.6. The Morgan fingerprint density at radius 3 is 2.38 bits per heavy atom. The Bertz CT molecular complexity index is 1140. The van der Waals surface area contributed by atoms with Crippen LogP contribution >= 0.6 is 11.6 Å². The Morgan fingerprint density at radius 2 is 1.69 bits per heavy atom. The Labute approximate surface area is 173 Å². The van der Waals surface area contributed by atoms with Gasteiger partial charge in [-0.25, -0.2) is 4.79 Å². The van der Waals surface area contributed by atoms with Gasteiger partial charge in [0.05, 0.1) is 11.1 Å². The fourth-order valence-corrected chi connectivity index (χ4v) is 3.23. The van der Waals surface area contributed by atoms with Gasteiger partial charge in [-0.05, 0) is 61.4 Å². The molecule has 1 aliphatic rings. The van der Waals surface area contributed by atoms with Crippen molar-refractivity contribution >= 4 is 29.4 Å². The highest BCUT2D eigenvalue weighted by molar-refractivity contribution is 6.30. The predicted octanol–water partition coefficient (Wildman–Crippen LogP) is 5.79. The Hall–Kier alpha value is -3.37. The van der Waals surface area contributed by atoms with Gasteiger partial charge >= 0.3 is 5.97 Å². The molecular weight excluding hydrogens is 388 g/mol. The van der Waals surface area contributed by atoms with Crippen molar-refractivity contribution in [3.05, 3.63) is 99.3 Å². The normalized spacial score (nSPS) is 13.9. The second-order valence-corrected chi connectivity index (χ2v) is 7.30. The van der Waals surface area contributed by atoms with Crippen molar-refractivity contribution in [1.82, 2.24) is 0 Å². The van der Waals surface area contributed by atoms with Gasteiger partial charge in [-0.2, -0.15) is 0 Å². The number of hydrogen-bond acceptors (Lipinski definition) is 4. The molecule has 1 aliphatic heterocycles. The minimum Gasteiger partial charge on any atom is -0.452 e. The van der Waals surface area contributed by atoms with Crippen LogP contribution < -0.4 is 9.47 Å². The van der Waals surface area contributed by atoms with Gasteiger partial charge in [-0.15, -0.1) is 0 Å². The SMILES string of the molecule is Cc1ccc(/C=C2\Oc3cc(OC(=O)c4ccc(Cl)cc4)cc(C)c3C2=O)cc1. The first-order valence-corrected chi connectivity index (χ1v) is 9.42. The molecule has 144 valence electrons. The van der Waals surface area contributed by atoms with Crippen molar-refractivity contribution in [3.8, 4) is 11.5 Å². The molecule has 0 aromatic heterocycles. The van der Waals surface area contributed by atoms with E-state index in [9.17, 15) is 9.59 Å². The molecule has 0 saturated carbocycles. The Morgan fingerprint density at radius 1 is 1.00 bits per heavy atom. The average molecular weight is 405 g/mol. The van der Waals surface area contributed by atoms with Crippen LogP contribution in [0.15, 0.2) is 66.4 Å². The van der Waals surface area contributed by atoms with Gasteiger partial charge in [0.15, 0.2) is 5.76 Å². The lowest BCUT2D eigenvalue weighted by atomic mass is 10.0. The number of esters is 1. The topological polar surface area (TPSA) is 52.6 Å². The third-order valence-corrected chi connectivity index (χ3v) is 4.86. The number of ketones is 1. The Kier molecular flexibility index (Phi) is 4.95. The van der Waals surface area contributed by atoms with Crippen molar-refractivity contribution in [2.75, 3.05) is 0 Å². The summed E-state index contributed by atoms with van der Waals surface area (Å²) >= 11 is 5.85. The van der Waals surface area contributed by atoms with Crippen LogP contribution in [-0.4, -0.2) is 11.8 Å². The summed E-state index contributed by atoms with van der Waals surface area (Å²) in [6.07, 6.45) is 1.71. The summed E-state index contributed by atoms with van der Waals surface area (Å²) in [7, 11) is 0. The zero-order valence-electron chi connectivity index (χ0n) is 15.9. The fraction of sp³-hybridized carbons (Fsp3) is 0.0833. The minimum absolute atomic E-state index is 0.186. The van der Waals surface area contributed by atoms with Crippen molar-refractivity contribution < 1.29 is 19.1 Å². The number of rotatable bonds is 3. The van der Waals surface area contributed by atoms with Crippen LogP contribution in [0.2, 0.25) is 5.02 Å². The highest BCUT2D eigenvalue weighted by atomic mass is 35.5. The maximum Gasteiger partial charge on any atom is 0.343 e. The lowest BCUT2D eigenvalue weighted by Gasteiger charge is -2.08. The number of allylic oxidation sites excluding steroid dienone is 1. The van der Waals surface area contributed by atoms with Crippen molar-refractivity contribution in [1.29, 1.82) is 0 Å². The number of carbonyl (C=O) groups excluding carboxylic acids is 2. The smallest absolute Gasteiger partial charge is 0.343 e. The van der Waals surface area contributed by atoms with Gasteiger partial charge in [-0.1, -0.05) is 41.4 Å². The van der Waals surface area contributed by atoms with E-state index in [0.717, 1.165) is 11.1 Å². The standard InChI is InChI=1S/C24H17ClO4/c1-14-3-5-16(6-4-14)12-21-23(26)22-15(2)11-19(13-20(22)29-21)28-24(27)17-7-9-18(25)10-8-17/h3-13H,1-2H3/b21-12-. The van der Waals surface area contributed by atoms with Crippen LogP contribution in [0.4, 0.5) is 0 Å². The van der Waals surface area contributed by atoms with Crippen LogP contribution in [-0.2, 0) is 0 Å². The minimum atomic E-state index is -0.513. The van der Waals surface area contributed by atoms with E-state index in [2.05, 4.69) is 0 Å². The molecule has 0 saturated heterocycles. The molecule has 0 unspecified atom stereocenters. The van der Waals surface area contributed by atoms with E-state index in [1.54, 1.807) is 49.4 Å². The molecule has 3 aromatic rings. The summed E-state index contributed by atoms with van der Waals surface area (Å²) in [5, 5.41) is 0.537. The molecule has 4 rings (SSSR count).